The first-order valence-electron chi connectivity index (χ1n) is 7.22. The lowest BCUT2D eigenvalue weighted by molar-refractivity contribution is 0.102. The Bertz CT molecular complexity index is 776. The number of anilines is 1. The molecule has 1 aromatic heterocycles. The zero-order valence-electron chi connectivity index (χ0n) is 13.1. The predicted molar refractivity (Wildman–Crippen MR) is 97.5 cm³/mol. The zero-order chi connectivity index (χ0) is 18.4. The number of nitrogens with one attached hydrogen (secondary N) is 2. The van der Waals surface area contributed by atoms with Gasteiger partial charge < -0.3 is 15.4 Å². The minimum absolute atomic E-state index is 0.127. The van der Waals surface area contributed by atoms with Gasteiger partial charge in [0.1, 0.15) is 0 Å². The lowest BCUT2D eigenvalue weighted by atomic mass is 10.2. The van der Waals surface area contributed by atoms with Crippen molar-refractivity contribution in [2.24, 2.45) is 0 Å². The van der Waals surface area contributed by atoms with Gasteiger partial charge in [0.25, 0.3) is 5.91 Å². The molecule has 0 saturated heterocycles. The van der Waals surface area contributed by atoms with E-state index in [4.69, 9.17) is 39.5 Å². The smallest absolute Gasteiger partial charge is 0.407 e. The van der Waals surface area contributed by atoms with Crippen LogP contribution >= 0.6 is 34.8 Å². The number of amides is 2. The number of rotatable bonds is 5. The van der Waals surface area contributed by atoms with E-state index in [1.165, 1.54) is 24.4 Å². The highest BCUT2D eigenvalue weighted by molar-refractivity contribution is 6.42. The molecule has 0 fully saturated rings. The summed E-state index contributed by atoms with van der Waals surface area (Å²) in [7, 11) is 0. The van der Waals surface area contributed by atoms with E-state index >= 15 is 0 Å². The fraction of sp³-hybridized carbons (Fsp3) is 0.188. The number of hydrogen-bond donors (Lipinski definition) is 2. The van der Waals surface area contributed by atoms with Gasteiger partial charge in [0, 0.05) is 16.8 Å². The summed E-state index contributed by atoms with van der Waals surface area (Å²) < 4.78 is 4.76. The maximum absolute atomic E-state index is 12.4. The molecule has 0 aliphatic heterocycles. The molecule has 0 aliphatic carbocycles. The van der Waals surface area contributed by atoms with E-state index < -0.39 is 12.0 Å². The first kappa shape index (κ1) is 19.3. The Kier molecular flexibility index (Phi) is 6.87. The summed E-state index contributed by atoms with van der Waals surface area (Å²) in [4.78, 5) is 27.8. The van der Waals surface area contributed by atoms with E-state index in [9.17, 15) is 9.59 Å². The van der Waals surface area contributed by atoms with Crippen molar-refractivity contribution in [2.75, 3.05) is 11.9 Å². The summed E-state index contributed by atoms with van der Waals surface area (Å²) in [6, 6.07) is 6.03. The second-order valence-electron chi connectivity index (χ2n) is 4.81. The summed E-state index contributed by atoms with van der Waals surface area (Å²) in [6.07, 6.45) is 0.904. The molecular weight excluding hydrogens is 389 g/mol. The van der Waals surface area contributed by atoms with Crippen molar-refractivity contribution in [2.45, 2.75) is 13.5 Å². The number of hydrogen-bond acceptors (Lipinski definition) is 4. The van der Waals surface area contributed by atoms with Crippen LogP contribution in [0.25, 0.3) is 0 Å². The van der Waals surface area contributed by atoms with Gasteiger partial charge in [-0.15, -0.1) is 0 Å². The quantitative estimate of drug-likeness (QED) is 0.769. The number of aromatic nitrogens is 1. The number of carbonyl (C=O) groups is 2. The Morgan fingerprint density at radius 3 is 2.48 bits per heavy atom. The lowest BCUT2D eigenvalue weighted by Gasteiger charge is -2.10. The van der Waals surface area contributed by atoms with Crippen LogP contribution in [0.3, 0.4) is 0 Å². The molecule has 25 heavy (non-hydrogen) atoms. The summed E-state index contributed by atoms with van der Waals surface area (Å²) >= 11 is 18.0. The predicted octanol–water partition coefficient (Wildman–Crippen LogP) is 4.54. The van der Waals surface area contributed by atoms with Crippen molar-refractivity contribution in [1.29, 1.82) is 0 Å². The number of pyridine rings is 1. The number of nitrogens with zero attached hydrogens (tertiary/aromatic N) is 1. The third-order valence-corrected chi connectivity index (χ3v) is 3.83. The van der Waals surface area contributed by atoms with Gasteiger partial charge in [-0.05, 0) is 31.2 Å². The molecule has 0 radical (unpaired) electrons. The van der Waals surface area contributed by atoms with Crippen molar-refractivity contribution in [3.05, 3.63) is 56.8 Å². The Morgan fingerprint density at radius 2 is 1.84 bits per heavy atom. The minimum atomic E-state index is -0.557. The van der Waals surface area contributed by atoms with Crippen molar-refractivity contribution in [3.8, 4) is 0 Å². The Hall–Kier alpha value is -2.02. The topological polar surface area (TPSA) is 80.3 Å². The average molecular weight is 403 g/mol. The molecule has 1 aromatic carbocycles. The van der Waals surface area contributed by atoms with Crippen LogP contribution in [0, 0.1) is 0 Å². The third kappa shape index (κ3) is 5.49. The molecule has 6 nitrogen and oxygen atoms in total. The maximum Gasteiger partial charge on any atom is 0.407 e. The molecule has 0 atom stereocenters. The van der Waals surface area contributed by atoms with Crippen LogP contribution in [0.5, 0.6) is 0 Å². The molecule has 0 bridgehead atoms. The van der Waals surface area contributed by atoms with Gasteiger partial charge in [0.05, 0.1) is 34.6 Å². The van der Waals surface area contributed by atoms with E-state index in [0.717, 1.165) is 0 Å². The van der Waals surface area contributed by atoms with Crippen LogP contribution in [0.1, 0.15) is 23.0 Å². The number of ether oxygens (including phenoxy) is 1. The van der Waals surface area contributed by atoms with Gasteiger partial charge in [-0.1, -0.05) is 34.8 Å². The minimum Gasteiger partial charge on any atom is -0.450 e. The van der Waals surface area contributed by atoms with Crippen LogP contribution in [-0.2, 0) is 11.3 Å². The second-order valence-corrected chi connectivity index (χ2v) is 6.06. The van der Waals surface area contributed by atoms with Gasteiger partial charge in [0.2, 0.25) is 0 Å². The summed E-state index contributed by atoms with van der Waals surface area (Å²) in [6.45, 7) is 2.10. The molecule has 0 saturated carbocycles. The van der Waals surface area contributed by atoms with Crippen LogP contribution in [-0.4, -0.2) is 23.6 Å². The van der Waals surface area contributed by atoms with Gasteiger partial charge in [-0.3, -0.25) is 9.78 Å². The van der Waals surface area contributed by atoms with Crippen LogP contribution in [0.2, 0.25) is 15.1 Å². The normalized spacial score (nSPS) is 10.2. The molecule has 0 aliphatic rings. The van der Waals surface area contributed by atoms with Gasteiger partial charge >= 0.3 is 6.09 Å². The standard InChI is InChI=1S/C16H14Cl3N3O3/c1-2-25-16(24)21-8-11-5-9(3-4-20-11)15(23)22-14-12(18)6-10(17)7-13(14)19/h3-7H,2,8H2,1H3,(H,21,24)(H,22,23). The first-order valence-corrected chi connectivity index (χ1v) is 8.35. The molecule has 2 rings (SSSR count). The summed E-state index contributed by atoms with van der Waals surface area (Å²) in [5.41, 5.74) is 1.09. The number of carbonyl (C=O) groups excluding carboxylic acids is 2. The monoisotopic (exact) mass is 401 g/mol. The van der Waals surface area contributed by atoms with Gasteiger partial charge in [0.15, 0.2) is 0 Å². The number of alkyl carbamates (subject to hydrolysis) is 1. The highest BCUT2D eigenvalue weighted by atomic mass is 35.5. The molecular formula is C16H14Cl3N3O3. The van der Waals surface area contributed by atoms with E-state index in [0.29, 0.717) is 16.3 Å². The molecule has 0 spiro atoms. The fourth-order valence-electron chi connectivity index (χ4n) is 1.91. The zero-order valence-corrected chi connectivity index (χ0v) is 15.4. The largest absolute Gasteiger partial charge is 0.450 e. The van der Waals surface area contributed by atoms with Crippen molar-refractivity contribution in [3.63, 3.8) is 0 Å². The molecule has 2 aromatic rings. The maximum atomic E-state index is 12.4. The number of halogens is 3. The third-order valence-electron chi connectivity index (χ3n) is 3.01. The molecule has 2 amide bonds. The van der Waals surface area contributed by atoms with E-state index in [1.54, 1.807) is 13.0 Å². The van der Waals surface area contributed by atoms with E-state index in [1.807, 2.05) is 0 Å². The van der Waals surface area contributed by atoms with Gasteiger partial charge in [-0.25, -0.2) is 4.79 Å². The Balaban J connectivity index is 2.10. The van der Waals surface area contributed by atoms with Crippen LogP contribution < -0.4 is 10.6 Å². The molecule has 1 heterocycles. The van der Waals surface area contributed by atoms with Crippen molar-refractivity contribution < 1.29 is 14.3 Å². The fourth-order valence-corrected chi connectivity index (χ4v) is 2.82. The average Bonchev–Trinajstić information content (AvgIpc) is 2.56. The van der Waals surface area contributed by atoms with Crippen LogP contribution in [0.15, 0.2) is 30.5 Å². The molecule has 2 N–H and O–H groups in total. The van der Waals surface area contributed by atoms with Crippen molar-refractivity contribution in [1.82, 2.24) is 10.3 Å². The Labute approximate surface area is 159 Å². The first-order chi connectivity index (χ1) is 11.9. The highest BCUT2D eigenvalue weighted by Gasteiger charge is 2.13. The summed E-state index contributed by atoms with van der Waals surface area (Å²) in [5.74, 6) is -0.425. The summed E-state index contributed by atoms with van der Waals surface area (Å²) in [5, 5.41) is 5.98. The van der Waals surface area contributed by atoms with Gasteiger partial charge in [-0.2, -0.15) is 0 Å². The second kappa shape index (κ2) is 8.89. The van der Waals surface area contributed by atoms with E-state index in [2.05, 4.69) is 15.6 Å². The highest BCUT2D eigenvalue weighted by Crippen LogP contribution is 2.33. The van der Waals surface area contributed by atoms with Crippen LogP contribution in [0.4, 0.5) is 10.5 Å². The molecule has 9 heteroatoms. The lowest BCUT2D eigenvalue weighted by Crippen LogP contribution is -2.24. The molecule has 132 valence electrons. The molecule has 0 unspecified atom stereocenters. The number of benzene rings is 1. The SMILES string of the molecule is CCOC(=O)NCc1cc(C(=O)Nc2c(Cl)cc(Cl)cc2Cl)ccn1. The van der Waals surface area contributed by atoms with E-state index in [-0.39, 0.29) is 28.9 Å². The van der Waals surface area contributed by atoms with Crippen molar-refractivity contribution >= 4 is 52.5 Å². The Morgan fingerprint density at radius 1 is 1.16 bits per heavy atom.